The van der Waals surface area contributed by atoms with Crippen molar-refractivity contribution in [2.24, 2.45) is 0 Å². The van der Waals surface area contributed by atoms with Crippen molar-refractivity contribution in [2.45, 2.75) is 6.92 Å². The molecule has 0 N–H and O–H groups in total. The van der Waals surface area contributed by atoms with Crippen LogP contribution < -0.4 is 0 Å². The number of rotatable bonds is 2. The zero-order chi connectivity index (χ0) is 10.8. The van der Waals surface area contributed by atoms with Crippen LogP contribution in [0.25, 0.3) is 0 Å². The molecular weight excluding hydrogens is 256 g/mol. The summed E-state index contributed by atoms with van der Waals surface area (Å²) in [5, 5.41) is 0. The van der Waals surface area contributed by atoms with Crippen molar-refractivity contribution in [2.75, 3.05) is 0 Å². The molecule has 0 aliphatic carbocycles. The van der Waals surface area contributed by atoms with Crippen LogP contribution in [-0.4, -0.2) is 5.78 Å². The van der Waals surface area contributed by atoms with Crippen LogP contribution in [0.3, 0.4) is 0 Å². The maximum Gasteiger partial charge on any atom is 0.196 e. The Labute approximate surface area is 96.0 Å². The molecule has 0 amide bonds. The molecule has 0 saturated heterocycles. The van der Waals surface area contributed by atoms with E-state index >= 15 is 0 Å². The summed E-state index contributed by atoms with van der Waals surface area (Å²) < 4.78 is 6.06. The molecule has 0 unspecified atom stereocenters. The molecule has 2 nitrogen and oxygen atoms in total. The van der Waals surface area contributed by atoms with E-state index in [0.29, 0.717) is 11.1 Å². The average molecular weight is 265 g/mol. The third kappa shape index (κ3) is 2.18. The van der Waals surface area contributed by atoms with E-state index in [0.717, 1.165) is 10.2 Å². The lowest BCUT2D eigenvalue weighted by Crippen LogP contribution is -1.98. The van der Waals surface area contributed by atoms with E-state index in [-0.39, 0.29) is 5.78 Å². The molecule has 1 aromatic heterocycles. The van der Waals surface area contributed by atoms with Crippen molar-refractivity contribution in [3.05, 3.63) is 58.0 Å². The van der Waals surface area contributed by atoms with E-state index in [2.05, 4.69) is 15.9 Å². The van der Waals surface area contributed by atoms with Crippen molar-refractivity contribution < 1.29 is 9.21 Å². The number of ketones is 1. The van der Waals surface area contributed by atoms with Crippen molar-refractivity contribution >= 4 is 21.7 Å². The topological polar surface area (TPSA) is 30.2 Å². The number of carbonyl (C=O) groups excluding carboxylic acids is 1. The summed E-state index contributed by atoms with van der Waals surface area (Å²) in [6.07, 6.45) is 1.49. The smallest absolute Gasteiger partial charge is 0.196 e. The Morgan fingerprint density at radius 2 is 1.87 bits per heavy atom. The number of aryl methyl sites for hydroxylation is 1. The first kappa shape index (κ1) is 10.2. The third-order valence-electron chi connectivity index (χ3n) is 2.10. The van der Waals surface area contributed by atoms with Crippen LogP contribution >= 0.6 is 15.9 Å². The largest absolute Gasteiger partial charge is 0.469 e. The fraction of sp³-hybridized carbons (Fsp3) is 0.0833. The molecule has 0 spiro atoms. The lowest BCUT2D eigenvalue weighted by molar-refractivity contribution is 0.103. The zero-order valence-electron chi connectivity index (χ0n) is 8.16. The van der Waals surface area contributed by atoms with Crippen molar-refractivity contribution in [3.63, 3.8) is 0 Å². The number of benzene rings is 1. The van der Waals surface area contributed by atoms with Crippen LogP contribution in [-0.2, 0) is 0 Å². The molecule has 76 valence electrons. The number of hydrogen-bond acceptors (Lipinski definition) is 2. The van der Waals surface area contributed by atoms with E-state index in [9.17, 15) is 4.79 Å². The number of carbonyl (C=O) groups is 1. The minimum absolute atomic E-state index is 0.0145. The zero-order valence-corrected chi connectivity index (χ0v) is 9.74. The highest BCUT2D eigenvalue weighted by molar-refractivity contribution is 9.10. The molecule has 0 aliphatic rings. The number of furan rings is 1. The summed E-state index contributed by atoms with van der Waals surface area (Å²) in [5.74, 6) is 0.731. The van der Waals surface area contributed by atoms with Gasteiger partial charge in [-0.3, -0.25) is 4.79 Å². The van der Waals surface area contributed by atoms with Gasteiger partial charge in [-0.05, 0) is 37.3 Å². The lowest BCUT2D eigenvalue weighted by Gasteiger charge is -1.97. The van der Waals surface area contributed by atoms with Crippen molar-refractivity contribution in [1.29, 1.82) is 0 Å². The van der Waals surface area contributed by atoms with E-state index in [1.54, 1.807) is 18.2 Å². The van der Waals surface area contributed by atoms with Gasteiger partial charge in [-0.25, -0.2) is 0 Å². The van der Waals surface area contributed by atoms with Gasteiger partial charge in [-0.1, -0.05) is 15.9 Å². The monoisotopic (exact) mass is 264 g/mol. The Bertz CT molecular complexity index is 483. The standard InChI is InChI=1S/C12H9BrO2/c1-8-6-10(7-15-8)12(14)9-2-4-11(13)5-3-9/h2-7H,1H3. The van der Waals surface area contributed by atoms with Crippen molar-refractivity contribution in [1.82, 2.24) is 0 Å². The Hall–Kier alpha value is -1.35. The third-order valence-corrected chi connectivity index (χ3v) is 2.63. The number of hydrogen-bond donors (Lipinski definition) is 0. The van der Waals surface area contributed by atoms with Gasteiger partial charge in [0.15, 0.2) is 5.78 Å². The molecule has 0 bridgehead atoms. The second-order valence-electron chi connectivity index (χ2n) is 3.28. The van der Waals surface area contributed by atoms with Crippen LogP contribution in [0.4, 0.5) is 0 Å². The average Bonchev–Trinajstić information content (AvgIpc) is 2.65. The predicted molar refractivity (Wildman–Crippen MR) is 61.0 cm³/mol. The Kier molecular flexibility index (Phi) is 2.73. The highest BCUT2D eigenvalue weighted by atomic mass is 79.9. The van der Waals surface area contributed by atoms with E-state index in [1.807, 2.05) is 19.1 Å². The first-order chi connectivity index (χ1) is 7.16. The minimum atomic E-state index is -0.0145. The van der Waals surface area contributed by atoms with Gasteiger partial charge in [0.25, 0.3) is 0 Å². The fourth-order valence-electron chi connectivity index (χ4n) is 1.33. The molecule has 0 saturated carbocycles. The Morgan fingerprint density at radius 3 is 2.40 bits per heavy atom. The van der Waals surface area contributed by atoms with E-state index in [4.69, 9.17) is 4.42 Å². The van der Waals surface area contributed by atoms with Gasteiger partial charge in [0.2, 0.25) is 0 Å². The second kappa shape index (κ2) is 4.03. The van der Waals surface area contributed by atoms with Crippen LogP contribution in [0.2, 0.25) is 0 Å². The maximum absolute atomic E-state index is 11.9. The fourth-order valence-corrected chi connectivity index (χ4v) is 1.59. The van der Waals surface area contributed by atoms with Gasteiger partial charge >= 0.3 is 0 Å². The summed E-state index contributed by atoms with van der Waals surface area (Å²) in [6, 6.07) is 9.01. The van der Waals surface area contributed by atoms with Gasteiger partial charge < -0.3 is 4.42 Å². The van der Waals surface area contributed by atoms with Gasteiger partial charge in [-0.2, -0.15) is 0 Å². The lowest BCUT2D eigenvalue weighted by atomic mass is 10.1. The maximum atomic E-state index is 11.9. The first-order valence-corrected chi connectivity index (χ1v) is 5.31. The van der Waals surface area contributed by atoms with Crippen LogP contribution in [0.5, 0.6) is 0 Å². The molecule has 2 aromatic rings. The summed E-state index contributed by atoms with van der Waals surface area (Å²) >= 11 is 3.33. The minimum Gasteiger partial charge on any atom is -0.469 e. The molecule has 1 heterocycles. The molecule has 15 heavy (non-hydrogen) atoms. The SMILES string of the molecule is Cc1cc(C(=O)c2ccc(Br)cc2)co1. The highest BCUT2D eigenvalue weighted by Crippen LogP contribution is 2.15. The van der Waals surface area contributed by atoms with Gasteiger partial charge in [0, 0.05) is 10.0 Å². The molecule has 0 aliphatic heterocycles. The van der Waals surface area contributed by atoms with Crippen LogP contribution in [0.15, 0.2) is 45.5 Å². The Morgan fingerprint density at radius 1 is 1.20 bits per heavy atom. The normalized spacial score (nSPS) is 10.3. The molecule has 0 atom stereocenters. The van der Waals surface area contributed by atoms with Gasteiger partial charge in [-0.15, -0.1) is 0 Å². The molecule has 2 rings (SSSR count). The molecule has 3 heteroatoms. The second-order valence-corrected chi connectivity index (χ2v) is 4.20. The Balaban J connectivity index is 2.32. The summed E-state index contributed by atoms with van der Waals surface area (Å²) in [5.41, 5.74) is 1.26. The summed E-state index contributed by atoms with van der Waals surface area (Å²) in [7, 11) is 0. The van der Waals surface area contributed by atoms with E-state index < -0.39 is 0 Å². The first-order valence-electron chi connectivity index (χ1n) is 4.52. The van der Waals surface area contributed by atoms with Crippen LogP contribution in [0, 0.1) is 6.92 Å². The molecule has 0 radical (unpaired) electrons. The number of halogens is 1. The predicted octanol–water partition coefficient (Wildman–Crippen LogP) is 3.58. The quantitative estimate of drug-likeness (QED) is 0.777. The summed E-state index contributed by atoms with van der Waals surface area (Å²) in [6.45, 7) is 1.82. The van der Waals surface area contributed by atoms with Crippen molar-refractivity contribution in [3.8, 4) is 0 Å². The van der Waals surface area contributed by atoms with Gasteiger partial charge in [0.05, 0.1) is 5.56 Å². The molecule has 0 fully saturated rings. The molecular formula is C12H9BrO2. The highest BCUT2D eigenvalue weighted by Gasteiger charge is 2.10. The van der Waals surface area contributed by atoms with Crippen LogP contribution in [0.1, 0.15) is 21.7 Å². The van der Waals surface area contributed by atoms with Gasteiger partial charge in [0.1, 0.15) is 12.0 Å². The van der Waals surface area contributed by atoms with E-state index in [1.165, 1.54) is 6.26 Å². The summed E-state index contributed by atoms with van der Waals surface area (Å²) in [4.78, 5) is 11.9. The molecule has 1 aromatic carbocycles.